The lowest BCUT2D eigenvalue weighted by Crippen LogP contribution is -2.25. The Labute approximate surface area is 138 Å². The smallest absolute Gasteiger partial charge is 0.151 e. The van der Waals surface area contributed by atoms with Gasteiger partial charge >= 0.3 is 0 Å². The first-order chi connectivity index (χ1) is 11.0. The Morgan fingerprint density at radius 1 is 1.04 bits per heavy atom. The van der Waals surface area contributed by atoms with Gasteiger partial charge in [0, 0.05) is 32.0 Å². The van der Waals surface area contributed by atoms with Crippen LogP contribution in [0.3, 0.4) is 0 Å². The van der Waals surface area contributed by atoms with Crippen molar-refractivity contribution in [3.8, 4) is 0 Å². The molecule has 1 N–H and O–H groups in total. The van der Waals surface area contributed by atoms with Gasteiger partial charge in [-0.15, -0.1) is 0 Å². The minimum atomic E-state index is -3.06. The Balaban J connectivity index is 2.01. The van der Waals surface area contributed by atoms with Gasteiger partial charge in [-0.2, -0.15) is 0 Å². The van der Waals surface area contributed by atoms with Gasteiger partial charge < -0.3 is 10.1 Å². The highest BCUT2D eigenvalue weighted by molar-refractivity contribution is 7.89. The first kappa shape index (κ1) is 17.5. The van der Waals surface area contributed by atoms with Gasteiger partial charge in [-0.25, -0.2) is 8.42 Å². The molecule has 124 valence electrons. The molecule has 0 bridgehead atoms. The molecule has 0 aromatic heterocycles. The van der Waals surface area contributed by atoms with Crippen molar-refractivity contribution in [1.29, 1.82) is 0 Å². The molecular formula is C18H23NO3S. The first-order valence-corrected chi connectivity index (χ1v) is 9.60. The van der Waals surface area contributed by atoms with Crippen molar-refractivity contribution < 1.29 is 13.2 Å². The molecule has 0 heterocycles. The first-order valence-electron chi connectivity index (χ1n) is 7.54. The van der Waals surface area contributed by atoms with Crippen molar-refractivity contribution in [1.82, 2.24) is 0 Å². The molecule has 0 spiro atoms. The number of nitrogens with one attached hydrogen (secondary N) is 1. The van der Waals surface area contributed by atoms with E-state index in [4.69, 9.17) is 4.74 Å². The van der Waals surface area contributed by atoms with Gasteiger partial charge in [0.2, 0.25) is 0 Å². The quantitative estimate of drug-likeness (QED) is 0.807. The predicted molar refractivity (Wildman–Crippen MR) is 94.4 cm³/mol. The average molecular weight is 333 g/mol. The number of sulfone groups is 1. The van der Waals surface area contributed by atoms with Crippen LogP contribution in [-0.4, -0.2) is 34.4 Å². The van der Waals surface area contributed by atoms with Crippen LogP contribution >= 0.6 is 0 Å². The zero-order valence-electron chi connectivity index (χ0n) is 13.5. The van der Waals surface area contributed by atoms with E-state index in [9.17, 15) is 8.42 Å². The molecule has 0 fully saturated rings. The minimum Gasteiger partial charge on any atom is -0.382 e. The molecule has 2 aromatic carbocycles. The van der Waals surface area contributed by atoms with E-state index >= 15 is 0 Å². The third kappa shape index (κ3) is 6.04. The fourth-order valence-corrected chi connectivity index (χ4v) is 3.26. The highest BCUT2D eigenvalue weighted by Gasteiger charge is 2.12. The van der Waals surface area contributed by atoms with Crippen LogP contribution in [-0.2, 0) is 26.7 Å². The topological polar surface area (TPSA) is 55.4 Å². The molecule has 2 rings (SSSR count). The second-order valence-corrected chi connectivity index (χ2v) is 7.80. The van der Waals surface area contributed by atoms with E-state index in [2.05, 4.69) is 17.4 Å². The van der Waals surface area contributed by atoms with Crippen LogP contribution in [0, 0.1) is 0 Å². The fourth-order valence-electron chi connectivity index (χ4n) is 2.44. The number of anilines is 1. The molecule has 4 nitrogen and oxygen atoms in total. The molecule has 5 heteroatoms. The Morgan fingerprint density at radius 3 is 2.35 bits per heavy atom. The summed E-state index contributed by atoms with van der Waals surface area (Å²) < 4.78 is 28.6. The standard InChI is InChI=1S/C18H23NO3S/c1-22-17(12-15-8-4-3-5-9-15)13-19-18-11-7-6-10-16(18)14-23(2,20)21/h3-11,17,19H,12-14H2,1-2H3. The van der Waals surface area contributed by atoms with Crippen LogP contribution in [0.4, 0.5) is 5.69 Å². The largest absolute Gasteiger partial charge is 0.382 e. The van der Waals surface area contributed by atoms with Crippen molar-refractivity contribution in [2.45, 2.75) is 18.3 Å². The molecule has 0 aliphatic rings. The maximum absolute atomic E-state index is 11.5. The summed E-state index contributed by atoms with van der Waals surface area (Å²) in [5.41, 5.74) is 2.84. The van der Waals surface area contributed by atoms with Gasteiger partial charge in [0.1, 0.15) is 0 Å². The van der Waals surface area contributed by atoms with E-state index in [0.29, 0.717) is 6.54 Å². The normalized spacial score (nSPS) is 12.8. The van der Waals surface area contributed by atoms with Gasteiger partial charge in [0.05, 0.1) is 11.9 Å². The lowest BCUT2D eigenvalue weighted by Gasteiger charge is -2.18. The van der Waals surface area contributed by atoms with Crippen LogP contribution in [0.5, 0.6) is 0 Å². The number of rotatable bonds is 8. The number of hydrogen-bond acceptors (Lipinski definition) is 4. The van der Waals surface area contributed by atoms with Crippen LogP contribution in [0.25, 0.3) is 0 Å². The monoisotopic (exact) mass is 333 g/mol. The van der Waals surface area contributed by atoms with E-state index in [1.807, 2.05) is 42.5 Å². The van der Waals surface area contributed by atoms with Gasteiger partial charge in [-0.3, -0.25) is 0 Å². The summed E-state index contributed by atoms with van der Waals surface area (Å²) in [6.07, 6.45) is 2.07. The Morgan fingerprint density at radius 2 is 1.70 bits per heavy atom. The van der Waals surface area contributed by atoms with Gasteiger partial charge in [-0.05, 0) is 17.2 Å². The summed E-state index contributed by atoms with van der Waals surface area (Å²) in [7, 11) is -1.37. The molecule has 0 saturated heterocycles. The second kappa shape index (κ2) is 8.13. The molecule has 0 saturated carbocycles. The number of ether oxygens (including phenoxy) is 1. The van der Waals surface area contributed by atoms with Crippen molar-refractivity contribution in [3.05, 3.63) is 65.7 Å². The summed E-state index contributed by atoms with van der Waals surface area (Å²) in [6.45, 7) is 0.617. The van der Waals surface area contributed by atoms with Crippen molar-refractivity contribution in [2.24, 2.45) is 0 Å². The van der Waals surface area contributed by atoms with Gasteiger partial charge in [0.25, 0.3) is 0 Å². The number of benzene rings is 2. The number of hydrogen-bond donors (Lipinski definition) is 1. The Hall–Kier alpha value is -1.85. The van der Waals surface area contributed by atoms with Gasteiger partial charge in [0.15, 0.2) is 9.84 Å². The van der Waals surface area contributed by atoms with Crippen LogP contribution in [0.2, 0.25) is 0 Å². The predicted octanol–water partition coefficient (Wildman–Crippen LogP) is 2.90. The summed E-state index contributed by atoms with van der Waals surface area (Å²) >= 11 is 0. The third-order valence-electron chi connectivity index (χ3n) is 3.59. The molecule has 0 radical (unpaired) electrons. The van der Waals surface area contributed by atoms with Crippen molar-refractivity contribution >= 4 is 15.5 Å². The van der Waals surface area contributed by atoms with Crippen LogP contribution in [0.15, 0.2) is 54.6 Å². The highest BCUT2D eigenvalue weighted by Crippen LogP contribution is 2.18. The molecular weight excluding hydrogens is 310 g/mol. The lowest BCUT2D eigenvalue weighted by atomic mass is 10.1. The van der Waals surface area contributed by atoms with Gasteiger partial charge in [-0.1, -0.05) is 48.5 Å². The van der Waals surface area contributed by atoms with E-state index < -0.39 is 9.84 Å². The zero-order chi connectivity index (χ0) is 16.7. The average Bonchev–Trinajstić information content (AvgIpc) is 2.52. The molecule has 0 amide bonds. The fraction of sp³-hybridized carbons (Fsp3) is 0.333. The third-order valence-corrected chi connectivity index (χ3v) is 4.43. The molecule has 1 atom stereocenters. The number of methoxy groups -OCH3 is 1. The van der Waals surface area contributed by atoms with E-state index in [1.165, 1.54) is 11.8 Å². The molecule has 0 aliphatic heterocycles. The highest BCUT2D eigenvalue weighted by atomic mass is 32.2. The molecule has 2 aromatic rings. The SMILES string of the molecule is COC(CNc1ccccc1CS(C)(=O)=O)Cc1ccccc1. The zero-order valence-corrected chi connectivity index (χ0v) is 14.3. The van der Waals surface area contributed by atoms with E-state index in [1.54, 1.807) is 7.11 Å². The van der Waals surface area contributed by atoms with E-state index in [0.717, 1.165) is 17.7 Å². The second-order valence-electron chi connectivity index (χ2n) is 5.66. The van der Waals surface area contributed by atoms with Crippen molar-refractivity contribution in [2.75, 3.05) is 25.2 Å². The Kier molecular flexibility index (Phi) is 6.19. The minimum absolute atomic E-state index is 0.0173. The summed E-state index contributed by atoms with van der Waals surface area (Å²) in [4.78, 5) is 0. The summed E-state index contributed by atoms with van der Waals surface area (Å²) in [5, 5.41) is 3.32. The summed E-state index contributed by atoms with van der Waals surface area (Å²) in [5.74, 6) is 0.0342. The maximum atomic E-state index is 11.5. The molecule has 0 aliphatic carbocycles. The van der Waals surface area contributed by atoms with E-state index in [-0.39, 0.29) is 11.9 Å². The van der Waals surface area contributed by atoms with Crippen LogP contribution in [0.1, 0.15) is 11.1 Å². The molecule has 23 heavy (non-hydrogen) atoms. The van der Waals surface area contributed by atoms with Crippen molar-refractivity contribution in [3.63, 3.8) is 0 Å². The van der Waals surface area contributed by atoms with Crippen LogP contribution < -0.4 is 5.32 Å². The Bertz CT molecular complexity index is 714. The maximum Gasteiger partial charge on any atom is 0.151 e. The number of para-hydroxylation sites is 1. The molecule has 1 unspecified atom stereocenters. The summed E-state index contributed by atoms with van der Waals surface area (Å²) in [6, 6.07) is 17.6. The lowest BCUT2D eigenvalue weighted by molar-refractivity contribution is 0.113.